The predicted molar refractivity (Wildman–Crippen MR) is 122 cm³/mol. The molecule has 1 N–H and O–H groups in total. The Morgan fingerprint density at radius 1 is 1.13 bits per heavy atom. The van der Waals surface area contributed by atoms with Crippen molar-refractivity contribution in [3.8, 4) is 5.75 Å². The van der Waals surface area contributed by atoms with E-state index in [0.717, 1.165) is 10.0 Å². The number of benzene rings is 2. The van der Waals surface area contributed by atoms with Crippen LogP contribution in [0, 0.1) is 0 Å². The molecule has 1 unspecified atom stereocenters. The number of nitrogens with one attached hydrogen (secondary N) is 1. The second-order valence-corrected chi connectivity index (χ2v) is 11.1. The SMILES string of the molecule is COc1ccc(Cn2cc([C@H](N[S+]([O-])C(C)(C)C)C(F)(F)F)c3ccc(Br)cc32)cc1. The maximum atomic E-state index is 14.1. The highest BCUT2D eigenvalue weighted by Crippen LogP contribution is 2.39. The molecule has 1 aromatic heterocycles. The lowest BCUT2D eigenvalue weighted by Gasteiger charge is -2.28. The van der Waals surface area contributed by atoms with E-state index in [4.69, 9.17) is 4.74 Å². The predicted octanol–water partition coefficient (Wildman–Crippen LogP) is 6.12. The Hall–Kier alpha value is -1.68. The van der Waals surface area contributed by atoms with Crippen LogP contribution in [0.2, 0.25) is 0 Å². The topological polar surface area (TPSA) is 49.2 Å². The number of rotatable bonds is 6. The minimum atomic E-state index is -4.62. The maximum absolute atomic E-state index is 14.1. The molecule has 3 rings (SSSR count). The largest absolute Gasteiger partial charge is 0.598 e. The Balaban J connectivity index is 2.08. The van der Waals surface area contributed by atoms with Crippen LogP contribution in [0.3, 0.4) is 0 Å². The van der Waals surface area contributed by atoms with Gasteiger partial charge in [0.1, 0.15) is 10.5 Å². The molecule has 3 aromatic rings. The van der Waals surface area contributed by atoms with Crippen molar-refractivity contribution < 1.29 is 22.5 Å². The molecule has 0 bridgehead atoms. The van der Waals surface area contributed by atoms with Gasteiger partial charge in [-0.3, -0.25) is 0 Å². The summed E-state index contributed by atoms with van der Waals surface area (Å²) >= 11 is 1.51. The van der Waals surface area contributed by atoms with E-state index in [2.05, 4.69) is 20.7 Å². The lowest BCUT2D eigenvalue weighted by molar-refractivity contribution is -0.152. The number of ether oxygens (including phenoxy) is 1. The Bertz CT molecular complexity index is 1050. The van der Waals surface area contributed by atoms with Crippen molar-refractivity contribution in [2.45, 2.75) is 44.3 Å². The molecule has 0 saturated carbocycles. The molecule has 31 heavy (non-hydrogen) atoms. The first-order valence-electron chi connectivity index (χ1n) is 9.56. The highest BCUT2D eigenvalue weighted by atomic mass is 79.9. The molecule has 4 nitrogen and oxygen atoms in total. The quantitative estimate of drug-likeness (QED) is 0.401. The van der Waals surface area contributed by atoms with Crippen LogP contribution >= 0.6 is 15.9 Å². The zero-order chi connectivity index (χ0) is 23.0. The summed E-state index contributed by atoms with van der Waals surface area (Å²) in [6.45, 7) is 5.28. The van der Waals surface area contributed by atoms with Gasteiger partial charge in [0, 0.05) is 45.0 Å². The molecule has 0 amide bonds. The summed E-state index contributed by atoms with van der Waals surface area (Å²) in [6, 6.07) is 10.4. The molecule has 0 saturated heterocycles. The zero-order valence-corrected chi connectivity index (χ0v) is 20.0. The van der Waals surface area contributed by atoms with Gasteiger partial charge in [-0.2, -0.15) is 13.2 Å². The van der Waals surface area contributed by atoms with Crippen molar-refractivity contribution in [1.82, 2.24) is 9.29 Å². The van der Waals surface area contributed by atoms with Crippen molar-refractivity contribution in [3.63, 3.8) is 0 Å². The first-order chi connectivity index (χ1) is 14.4. The van der Waals surface area contributed by atoms with Crippen LogP contribution in [0.4, 0.5) is 13.2 Å². The van der Waals surface area contributed by atoms with E-state index in [0.29, 0.717) is 23.2 Å². The Kier molecular flexibility index (Phi) is 7.00. The first kappa shape index (κ1) is 24.0. The van der Waals surface area contributed by atoms with Crippen LogP contribution in [0.1, 0.15) is 37.9 Å². The van der Waals surface area contributed by atoms with Gasteiger partial charge in [0.2, 0.25) is 0 Å². The van der Waals surface area contributed by atoms with Gasteiger partial charge in [-0.25, -0.2) is 0 Å². The third-order valence-corrected chi connectivity index (χ3v) is 6.86. The number of nitrogens with zero attached hydrogens (tertiary/aromatic N) is 1. The number of halogens is 4. The number of aromatic nitrogens is 1. The van der Waals surface area contributed by atoms with Gasteiger partial charge in [-0.15, -0.1) is 4.72 Å². The third-order valence-electron chi connectivity index (χ3n) is 4.81. The van der Waals surface area contributed by atoms with Gasteiger partial charge in [0.15, 0.2) is 6.04 Å². The fourth-order valence-corrected chi connectivity index (χ4v) is 4.35. The summed E-state index contributed by atoms with van der Waals surface area (Å²) in [6.07, 6.45) is -3.13. The molecule has 9 heteroatoms. The van der Waals surface area contributed by atoms with Gasteiger partial charge < -0.3 is 13.9 Å². The van der Waals surface area contributed by atoms with Gasteiger partial charge in [0.05, 0.1) is 7.11 Å². The monoisotopic (exact) mass is 516 g/mol. The van der Waals surface area contributed by atoms with Crippen LogP contribution in [0.25, 0.3) is 10.9 Å². The second kappa shape index (κ2) is 9.05. The summed E-state index contributed by atoms with van der Waals surface area (Å²) in [5.41, 5.74) is 1.61. The number of fused-ring (bicyclic) bond motifs is 1. The number of hydrogen-bond acceptors (Lipinski definition) is 3. The van der Waals surface area contributed by atoms with Crippen molar-refractivity contribution in [2.24, 2.45) is 0 Å². The van der Waals surface area contributed by atoms with Gasteiger partial charge >= 0.3 is 6.18 Å². The minimum absolute atomic E-state index is 0.0427. The average Bonchev–Trinajstić information content (AvgIpc) is 3.01. The van der Waals surface area contributed by atoms with Crippen LogP contribution < -0.4 is 9.46 Å². The minimum Gasteiger partial charge on any atom is -0.598 e. The number of alkyl halides is 3. The van der Waals surface area contributed by atoms with E-state index in [1.807, 2.05) is 24.3 Å². The number of methoxy groups -OCH3 is 1. The smallest absolute Gasteiger partial charge is 0.412 e. The maximum Gasteiger partial charge on any atom is 0.412 e. The van der Waals surface area contributed by atoms with Crippen LogP contribution in [0.15, 0.2) is 53.1 Å². The van der Waals surface area contributed by atoms with Gasteiger partial charge in [-0.05, 0) is 50.6 Å². The lowest BCUT2D eigenvalue weighted by atomic mass is 10.1. The highest BCUT2D eigenvalue weighted by molar-refractivity contribution is 9.10. The average molecular weight is 517 g/mol. The molecule has 0 aliphatic rings. The number of hydrogen-bond donors (Lipinski definition) is 1. The third kappa shape index (κ3) is 5.58. The first-order valence-corrected chi connectivity index (χ1v) is 11.5. The highest BCUT2D eigenvalue weighted by Gasteiger charge is 2.47. The molecule has 1 heterocycles. The summed E-state index contributed by atoms with van der Waals surface area (Å²) in [5.74, 6) is 0.704. The summed E-state index contributed by atoms with van der Waals surface area (Å²) in [7, 11) is 1.57. The molecule has 0 fully saturated rings. The Morgan fingerprint density at radius 2 is 1.77 bits per heavy atom. The lowest BCUT2D eigenvalue weighted by Crippen LogP contribution is -2.45. The van der Waals surface area contributed by atoms with Crippen molar-refractivity contribution >= 4 is 38.2 Å². The molecule has 0 radical (unpaired) electrons. The standard InChI is InChI=1S/C22H24BrF3N2O2S/c1-21(2,3)31(29)27-20(22(24,25)26)18-13-28(19-11-15(23)7-10-17(18)19)12-14-5-8-16(30-4)9-6-14/h5-11,13,20,27H,12H2,1-4H3/t20-,31?/m0/s1. The van der Waals surface area contributed by atoms with Crippen molar-refractivity contribution in [3.05, 3.63) is 64.3 Å². The fraction of sp³-hybridized carbons (Fsp3) is 0.364. The normalized spacial score (nSPS) is 14.6. The van der Waals surface area contributed by atoms with E-state index in [1.165, 1.54) is 6.20 Å². The molecular weight excluding hydrogens is 493 g/mol. The summed E-state index contributed by atoms with van der Waals surface area (Å²) in [5, 5.41) is 0.456. The van der Waals surface area contributed by atoms with Crippen LogP contribution in [0.5, 0.6) is 5.75 Å². The van der Waals surface area contributed by atoms with Crippen molar-refractivity contribution in [2.75, 3.05) is 7.11 Å². The fourth-order valence-electron chi connectivity index (χ4n) is 3.17. The van der Waals surface area contributed by atoms with E-state index in [-0.39, 0.29) is 5.56 Å². The van der Waals surface area contributed by atoms with Gasteiger partial charge in [0.25, 0.3) is 0 Å². The van der Waals surface area contributed by atoms with E-state index < -0.39 is 28.3 Å². The van der Waals surface area contributed by atoms with E-state index in [1.54, 1.807) is 50.6 Å². The molecule has 168 valence electrons. The summed E-state index contributed by atoms with van der Waals surface area (Å²) in [4.78, 5) is 0. The van der Waals surface area contributed by atoms with E-state index >= 15 is 0 Å². The Labute approximate surface area is 191 Å². The van der Waals surface area contributed by atoms with Crippen LogP contribution in [-0.2, 0) is 17.9 Å². The molecule has 2 aromatic carbocycles. The van der Waals surface area contributed by atoms with E-state index in [9.17, 15) is 17.7 Å². The summed E-state index contributed by atoms with van der Waals surface area (Å²) < 4.78 is 63.9. The second-order valence-electron chi connectivity index (χ2n) is 8.20. The Morgan fingerprint density at radius 3 is 2.32 bits per heavy atom. The molecule has 0 aliphatic heterocycles. The molecule has 0 aliphatic carbocycles. The molecule has 0 spiro atoms. The van der Waals surface area contributed by atoms with Gasteiger partial charge in [-0.1, -0.05) is 34.1 Å². The zero-order valence-electron chi connectivity index (χ0n) is 17.6. The van der Waals surface area contributed by atoms with Crippen molar-refractivity contribution in [1.29, 1.82) is 0 Å². The molecular formula is C22H24BrF3N2O2S. The van der Waals surface area contributed by atoms with Crippen LogP contribution in [-0.4, -0.2) is 27.2 Å². The molecule has 2 atom stereocenters.